The number of hydrogen-bond donors (Lipinski definition) is 3. The molecule has 2 rings (SSSR count). The maximum Gasteiger partial charge on any atom is 0.262 e. The van der Waals surface area contributed by atoms with E-state index in [0.717, 1.165) is 22.9 Å². The summed E-state index contributed by atoms with van der Waals surface area (Å²) in [5.74, 6) is -0.822. The molecule has 1 aromatic carbocycles. The molecule has 1 aliphatic heterocycles. The molecule has 0 aliphatic carbocycles. The molecule has 0 saturated carbocycles. The molecule has 0 aromatic heterocycles. The summed E-state index contributed by atoms with van der Waals surface area (Å²) in [4.78, 5) is 31.2. The lowest BCUT2D eigenvalue weighted by molar-refractivity contribution is -0.121. The normalized spacial score (nSPS) is 17.1. The van der Waals surface area contributed by atoms with Crippen LogP contribution >= 0.6 is 11.8 Å². The molecule has 1 aliphatic rings. The molecule has 1 atom stereocenters. The number of carbonyl (C=O) groups excluding carboxylic acids is 2. The van der Waals surface area contributed by atoms with Crippen molar-refractivity contribution in [3.63, 3.8) is 0 Å². The first-order valence-corrected chi connectivity index (χ1v) is 7.48. The Hall–Kier alpha value is -2.35. The minimum atomic E-state index is -0.594. The first-order chi connectivity index (χ1) is 10.3. The average Bonchev–Trinajstić information content (AvgIpc) is 2.66. The Bertz CT molecular complexity index is 660. The van der Waals surface area contributed by atoms with Crippen molar-refractivity contribution in [3.8, 4) is 0 Å². The molecular formula is C14H17N5O2S. The van der Waals surface area contributed by atoms with Crippen molar-refractivity contribution >= 4 is 40.4 Å². The Morgan fingerprint density at radius 2 is 1.95 bits per heavy atom. The summed E-state index contributed by atoms with van der Waals surface area (Å²) in [6, 6.07) is 5.76. The predicted octanol–water partition coefficient (Wildman–Crippen LogP) is 0.903. The number of rotatable bonds is 3. The zero-order valence-corrected chi connectivity index (χ0v) is 13.1. The van der Waals surface area contributed by atoms with E-state index in [9.17, 15) is 9.59 Å². The third kappa shape index (κ3) is 4.32. The molecule has 0 unspecified atom stereocenters. The second kappa shape index (κ2) is 6.61. The molecule has 7 nitrogen and oxygen atoms in total. The van der Waals surface area contributed by atoms with Gasteiger partial charge in [-0.05, 0) is 37.1 Å². The van der Waals surface area contributed by atoms with Gasteiger partial charge in [0, 0.05) is 12.1 Å². The van der Waals surface area contributed by atoms with Crippen LogP contribution in [0.1, 0.15) is 17.5 Å². The van der Waals surface area contributed by atoms with E-state index in [1.165, 1.54) is 0 Å². The SMILES string of the molecule is Cc1cc(C)cc(NC(=O)C[C@H]2SC(N=C(N)N)=NC2=O)c1. The van der Waals surface area contributed by atoms with Crippen LogP contribution in [0.2, 0.25) is 0 Å². The Labute approximate surface area is 132 Å². The van der Waals surface area contributed by atoms with Gasteiger partial charge in [-0.25, -0.2) is 0 Å². The molecule has 0 saturated heterocycles. The molecule has 8 heteroatoms. The Balaban J connectivity index is 1.96. The quantitative estimate of drug-likeness (QED) is 0.564. The van der Waals surface area contributed by atoms with Gasteiger partial charge in [-0.1, -0.05) is 17.8 Å². The molecular weight excluding hydrogens is 302 g/mol. The van der Waals surface area contributed by atoms with Crippen molar-refractivity contribution in [1.82, 2.24) is 0 Å². The van der Waals surface area contributed by atoms with Crippen LogP contribution in [0.5, 0.6) is 0 Å². The van der Waals surface area contributed by atoms with Crippen LogP contribution in [0.25, 0.3) is 0 Å². The summed E-state index contributed by atoms with van der Waals surface area (Å²) >= 11 is 1.08. The first-order valence-electron chi connectivity index (χ1n) is 6.60. The van der Waals surface area contributed by atoms with Crippen molar-refractivity contribution in [2.45, 2.75) is 25.5 Å². The fraction of sp³-hybridized carbons (Fsp3) is 0.286. The van der Waals surface area contributed by atoms with Crippen LogP contribution in [0.4, 0.5) is 5.69 Å². The maximum absolute atomic E-state index is 12.1. The van der Waals surface area contributed by atoms with Crippen LogP contribution in [0.15, 0.2) is 28.2 Å². The standard InChI is InChI=1S/C14H17N5O2S/c1-7-3-8(2)5-9(4-7)17-11(20)6-10-12(21)18-14(22-10)19-13(15)16/h3-5,10H,6H2,1-2H3,(H,17,20)(H4,15,16,18,19,21)/t10-/m1/s1. The van der Waals surface area contributed by atoms with Crippen molar-refractivity contribution in [2.75, 3.05) is 5.32 Å². The number of aryl methyl sites for hydroxylation is 2. The lowest BCUT2D eigenvalue weighted by atomic mass is 10.1. The predicted molar refractivity (Wildman–Crippen MR) is 88.8 cm³/mol. The second-order valence-electron chi connectivity index (χ2n) is 5.00. The van der Waals surface area contributed by atoms with Gasteiger partial charge in [0.05, 0.1) is 0 Å². The molecule has 0 bridgehead atoms. The number of benzene rings is 1. The highest BCUT2D eigenvalue weighted by atomic mass is 32.2. The highest BCUT2D eigenvalue weighted by Crippen LogP contribution is 2.26. The molecule has 22 heavy (non-hydrogen) atoms. The number of guanidine groups is 1. The smallest absolute Gasteiger partial charge is 0.262 e. The van der Waals surface area contributed by atoms with Crippen molar-refractivity contribution < 1.29 is 9.59 Å². The number of nitrogens with two attached hydrogens (primary N) is 2. The lowest BCUT2D eigenvalue weighted by Crippen LogP contribution is -2.23. The topological polar surface area (TPSA) is 123 Å². The zero-order chi connectivity index (χ0) is 16.3. The maximum atomic E-state index is 12.1. The molecule has 1 heterocycles. The van der Waals surface area contributed by atoms with Gasteiger partial charge >= 0.3 is 0 Å². The second-order valence-corrected chi connectivity index (χ2v) is 6.17. The summed E-state index contributed by atoms with van der Waals surface area (Å²) < 4.78 is 0. The molecule has 2 amide bonds. The molecule has 116 valence electrons. The average molecular weight is 319 g/mol. The lowest BCUT2D eigenvalue weighted by Gasteiger charge is -2.09. The van der Waals surface area contributed by atoms with E-state index in [2.05, 4.69) is 15.3 Å². The highest BCUT2D eigenvalue weighted by molar-refractivity contribution is 8.15. The number of aliphatic imine (C=N–C) groups is 2. The summed E-state index contributed by atoms with van der Waals surface area (Å²) in [5.41, 5.74) is 13.3. The van der Waals surface area contributed by atoms with Gasteiger partial charge in [0.1, 0.15) is 5.25 Å². The number of nitrogens with one attached hydrogen (secondary N) is 1. The molecule has 0 fully saturated rings. The monoisotopic (exact) mass is 319 g/mol. The number of anilines is 1. The summed E-state index contributed by atoms with van der Waals surface area (Å²) in [5, 5.41) is 2.38. The highest BCUT2D eigenvalue weighted by Gasteiger charge is 2.30. The van der Waals surface area contributed by atoms with E-state index >= 15 is 0 Å². The molecule has 0 radical (unpaired) electrons. The van der Waals surface area contributed by atoms with Gasteiger partial charge in [-0.2, -0.15) is 9.98 Å². The zero-order valence-electron chi connectivity index (χ0n) is 12.3. The number of amidine groups is 1. The van der Waals surface area contributed by atoms with E-state index in [1.54, 1.807) is 0 Å². The van der Waals surface area contributed by atoms with Crippen molar-refractivity contribution in [2.24, 2.45) is 21.5 Å². The van der Waals surface area contributed by atoms with Gasteiger partial charge in [-0.15, -0.1) is 0 Å². The number of hydrogen-bond acceptors (Lipinski definition) is 4. The Kier molecular flexibility index (Phi) is 4.81. The fourth-order valence-electron chi connectivity index (χ4n) is 2.09. The van der Waals surface area contributed by atoms with Crippen LogP contribution in [-0.4, -0.2) is 28.2 Å². The van der Waals surface area contributed by atoms with Crippen molar-refractivity contribution in [3.05, 3.63) is 29.3 Å². The third-order valence-corrected chi connectivity index (χ3v) is 3.88. The van der Waals surface area contributed by atoms with Crippen LogP contribution < -0.4 is 16.8 Å². The van der Waals surface area contributed by atoms with Gasteiger partial charge < -0.3 is 16.8 Å². The van der Waals surface area contributed by atoms with Crippen LogP contribution in [0, 0.1) is 13.8 Å². The minimum Gasteiger partial charge on any atom is -0.370 e. The largest absolute Gasteiger partial charge is 0.370 e. The van der Waals surface area contributed by atoms with Gasteiger partial charge in [0.25, 0.3) is 5.91 Å². The van der Waals surface area contributed by atoms with Gasteiger partial charge in [-0.3, -0.25) is 9.59 Å². The Morgan fingerprint density at radius 3 is 2.55 bits per heavy atom. The summed E-state index contributed by atoms with van der Waals surface area (Å²) in [7, 11) is 0. The number of amides is 2. The molecule has 0 spiro atoms. The number of nitrogens with zero attached hydrogens (tertiary/aromatic N) is 2. The van der Waals surface area contributed by atoms with E-state index in [-0.39, 0.29) is 23.5 Å². The fourth-order valence-corrected chi connectivity index (χ4v) is 3.03. The third-order valence-electron chi connectivity index (χ3n) is 2.83. The van der Waals surface area contributed by atoms with E-state index < -0.39 is 11.2 Å². The van der Waals surface area contributed by atoms with Crippen LogP contribution in [0.3, 0.4) is 0 Å². The minimum absolute atomic E-state index is 0.0173. The van der Waals surface area contributed by atoms with Gasteiger partial charge in [0.2, 0.25) is 5.91 Å². The number of thioether (sulfide) groups is 1. The summed E-state index contributed by atoms with van der Waals surface area (Å²) in [6.45, 7) is 3.91. The molecule has 1 aromatic rings. The first kappa shape index (κ1) is 16.0. The van der Waals surface area contributed by atoms with Crippen molar-refractivity contribution in [1.29, 1.82) is 0 Å². The van der Waals surface area contributed by atoms with E-state index in [4.69, 9.17) is 11.5 Å². The number of carbonyl (C=O) groups is 2. The summed E-state index contributed by atoms with van der Waals surface area (Å²) in [6.07, 6.45) is 0.0173. The van der Waals surface area contributed by atoms with Crippen LogP contribution in [-0.2, 0) is 9.59 Å². The van der Waals surface area contributed by atoms with E-state index in [1.807, 2.05) is 32.0 Å². The van der Waals surface area contributed by atoms with Gasteiger partial charge in [0.15, 0.2) is 11.1 Å². The molecule has 5 N–H and O–H groups in total. The van der Waals surface area contributed by atoms with E-state index in [0.29, 0.717) is 5.69 Å². The Morgan fingerprint density at radius 1 is 1.32 bits per heavy atom.